The number of hydrogen-bond donors (Lipinski definition) is 4. The number of rotatable bonds is 1. The van der Waals surface area contributed by atoms with E-state index in [9.17, 15) is 18.6 Å². The molecule has 0 aliphatic rings. The Morgan fingerprint density at radius 3 is 2.40 bits per heavy atom. The minimum Gasteiger partial charge on any atom is -0.300 e. The lowest BCUT2D eigenvalue weighted by Gasteiger charge is -1.96. The third kappa shape index (κ3) is 1.35. The maximum Gasteiger partial charge on any atom is 0.344 e. The number of aromatic nitrogens is 4. The van der Waals surface area contributed by atoms with E-state index in [0.717, 1.165) is 0 Å². The fourth-order valence-corrected chi connectivity index (χ4v) is 1.55. The number of fused-ring (bicyclic) bond motifs is 1. The maximum atomic E-state index is 11.4. The van der Waals surface area contributed by atoms with Gasteiger partial charge in [0.2, 0.25) is 0 Å². The van der Waals surface area contributed by atoms with Crippen molar-refractivity contribution in [1.82, 2.24) is 18.9 Å². The van der Waals surface area contributed by atoms with Gasteiger partial charge in [-0.3, -0.25) is 24.3 Å². The summed E-state index contributed by atoms with van der Waals surface area (Å²) in [6.45, 7) is 0. The van der Waals surface area contributed by atoms with Gasteiger partial charge in [-0.25, -0.2) is 13.8 Å². The molecule has 0 amide bonds. The quantitative estimate of drug-likeness (QED) is 0.409. The van der Waals surface area contributed by atoms with Crippen LogP contribution < -0.4 is 16.9 Å². The third-order valence-electron chi connectivity index (χ3n) is 1.70. The van der Waals surface area contributed by atoms with Gasteiger partial charge in [0.05, 0.1) is 0 Å². The Labute approximate surface area is 82.2 Å². The molecule has 0 radical (unpaired) electrons. The summed E-state index contributed by atoms with van der Waals surface area (Å²) >= 11 is -2.77. The van der Waals surface area contributed by atoms with Crippen molar-refractivity contribution in [3.05, 3.63) is 31.3 Å². The first kappa shape index (κ1) is 9.61. The van der Waals surface area contributed by atoms with Crippen molar-refractivity contribution in [2.45, 2.75) is 0 Å². The van der Waals surface area contributed by atoms with E-state index in [0.29, 0.717) is 0 Å². The van der Waals surface area contributed by atoms with Crippen molar-refractivity contribution in [3.63, 3.8) is 0 Å². The van der Waals surface area contributed by atoms with E-state index < -0.39 is 28.2 Å². The van der Waals surface area contributed by atoms with Crippen LogP contribution >= 0.6 is 0 Å². The Balaban J connectivity index is 3.09. The molecule has 2 aromatic rings. The molecule has 2 rings (SSSR count). The highest BCUT2D eigenvalue weighted by atomic mass is 32.2. The SMILES string of the molecule is O=c1[nH]c2[nH]c(=O)n(S(=O)O)c(=O)c2[nH]1. The highest BCUT2D eigenvalue weighted by molar-refractivity contribution is 7.77. The number of aromatic amines is 3. The molecule has 0 saturated heterocycles. The topological polar surface area (TPSA) is 141 Å². The molecule has 2 aromatic heterocycles. The lowest BCUT2D eigenvalue weighted by Crippen LogP contribution is -2.36. The summed E-state index contributed by atoms with van der Waals surface area (Å²) in [7, 11) is 0. The fraction of sp³-hybridized carbons (Fsp3) is 0. The van der Waals surface area contributed by atoms with Crippen molar-refractivity contribution in [3.8, 4) is 0 Å². The second-order valence-electron chi connectivity index (χ2n) is 2.59. The molecule has 0 aliphatic carbocycles. The second kappa shape index (κ2) is 3.03. The molecule has 0 spiro atoms. The van der Waals surface area contributed by atoms with Crippen molar-refractivity contribution in [1.29, 1.82) is 0 Å². The van der Waals surface area contributed by atoms with Gasteiger partial charge < -0.3 is 0 Å². The number of hydrogen-bond acceptors (Lipinski definition) is 4. The summed E-state index contributed by atoms with van der Waals surface area (Å²) < 4.78 is 19.4. The average Bonchev–Trinajstić information content (AvgIpc) is 2.45. The Bertz CT molecular complexity index is 717. The largest absolute Gasteiger partial charge is 0.344 e. The third-order valence-corrected chi connectivity index (χ3v) is 2.34. The van der Waals surface area contributed by atoms with Crippen LogP contribution in [0.1, 0.15) is 0 Å². The zero-order chi connectivity index (χ0) is 11.2. The van der Waals surface area contributed by atoms with E-state index >= 15 is 0 Å². The molecule has 0 aromatic carbocycles. The molecule has 4 N–H and O–H groups in total. The fourth-order valence-electron chi connectivity index (χ4n) is 1.13. The van der Waals surface area contributed by atoms with E-state index in [2.05, 4.69) is 15.0 Å². The van der Waals surface area contributed by atoms with E-state index in [1.165, 1.54) is 0 Å². The van der Waals surface area contributed by atoms with Gasteiger partial charge in [0, 0.05) is 0 Å². The standard InChI is InChI=1S/C5H4N4O5S/c10-3-1-2(7-4(11)6-1)8-5(12)9(3)15(13)14/h(H,8,12)(H,13,14)(H2,6,7,11). The van der Waals surface area contributed by atoms with Crippen LogP contribution in [-0.2, 0) is 11.3 Å². The van der Waals surface area contributed by atoms with Gasteiger partial charge in [-0.15, -0.1) is 3.97 Å². The lowest BCUT2D eigenvalue weighted by molar-refractivity contribution is 0.550. The van der Waals surface area contributed by atoms with Crippen LogP contribution in [-0.4, -0.2) is 27.7 Å². The average molecular weight is 232 g/mol. The second-order valence-corrected chi connectivity index (χ2v) is 3.42. The molecule has 15 heavy (non-hydrogen) atoms. The molecule has 0 aliphatic heterocycles. The first-order valence-electron chi connectivity index (χ1n) is 3.59. The highest BCUT2D eigenvalue weighted by Gasteiger charge is 2.13. The summed E-state index contributed by atoms with van der Waals surface area (Å²) in [5, 5.41) is 0. The summed E-state index contributed by atoms with van der Waals surface area (Å²) in [4.78, 5) is 39.6. The summed E-state index contributed by atoms with van der Waals surface area (Å²) in [6, 6.07) is 0. The molecule has 0 bridgehead atoms. The van der Waals surface area contributed by atoms with E-state index in [1.807, 2.05) is 0 Å². The zero-order valence-electron chi connectivity index (χ0n) is 6.94. The molecule has 0 fully saturated rings. The number of H-pyrrole nitrogens is 3. The van der Waals surface area contributed by atoms with Gasteiger partial charge in [0.25, 0.3) is 16.8 Å². The van der Waals surface area contributed by atoms with Crippen LogP contribution in [0.5, 0.6) is 0 Å². The summed E-state index contributed by atoms with van der Waals surface area (Å²) in [5.41, 5.74) is -3.20. The minimum absolute atomic E-state index is 0.0755. The number of imidazole rings is 1. The van der Waals surface area contributed by atoms with Crippen LogP contribution in [0.25, 0.3) is 11.2 Å². The monoisotopic (exact) mass is 232 g/mol. The van der Waals surface area contributed by atoms with Crippen molar-refractivity contribution in [2.75, 3.05) is 0 Å². The molecule has 9 nitrogen and oxygen atoms in total. The minimum atomic E-state index is -2.77. The van der Waals surface area contributed by atoms with Gasteiger partial charge >= 0.3 is 11.4 Å². The van der Waals surface area contributed by atoms with Gasteiger partial charge in [-0.05, 0) is 0 Å². The van der Waals surface area contributed by atoms with Crippen LogP contribution in [0.15, 0.2) is 14.4 Å². The summed E-state index contributed by atoms with van der Waals surface area (Å²) in [6.07, 6.45) is 0. The van der Waals surface area contributed by atoms with E-state index in [-0.39, 0.29) is 15.1 Å². The zero-order valence-corrected chi connectivity index (χ0v) is 7.75. The van der Waals surface area contributed by atoms with Crippen LogP contribution in [0, 0.1) is 0 Å². The van der Waals surface area contributed by atoms with Gasteiger partial charge in [-0.2, -0.15) is 0 Å². The highest BCUT2D eigenvalue weighted by Crippen LogP contribution is 1.91. The lowest BCUT2D eigenvalue weighted by atomic mass is 10.5. The Hall–Kier alpha value is -1.94. The van der Waals surface area contributed by atoms with Crippen molar-refractivity contribution >= 4 is 22.4 Å². The van der Waals surface area contributed by atoms with E-state index in [4.69, 9.17) is 4.55 Å². The van der Waals surface area contributed by atoms with E-state index in [1.54, 1.807) is 0 Å². The van der Waals surface area contributed by atoms with Crippen LogP contribution in [0.3, 0.4) is 0 Å². The van der Waals surface area contributed by atoms with Crippen LogP contribution in [0.4, 0.5) is 0 Å². The Morgan fingerprint density at radius 2 is 1.80 bits per heavy atom. The predicted molar refractivity (Wildman–Crippen MR) is 50.0 cm³/mol. The molecular formula is C5H4N4O5S. The molecule has 1 atom stereocenters. The molecule has 1 unspecified atom stereocenters. The molecule has 2 heterocycles. The summed E-state index contributed by atoms with van der Waals surface area (Å²) in [5.74, 6) is 0. The predicted octanol–water partition coefficient (Wildman–Crippen LogP) is -2.31. The first-order valence-corrected chi connectivity index (χ1v) is 4.66. The van der Waals surface area contributed by atoms with Gasteiger partial charge in [0.15, 0.2) is 5.52 Å². The molecule has 0 saturated carbocycles. The van der Waals surface area contributed by atoms with Gasteiger partial charge in [0.1, 0.15) is 5.65 Å². The molecule has 10 heteroatoms. The number of nitrogens with one attached hydrogen (secondary N) is 3. The van der Waals surface area contributed by atoms with Crippen molar-refractivity contribution < 1.29 is 8.76 Å². The van der Waals surface area contributed by atoms with Crippen LogP contribution in [0.2, 0.25) is 0 Å². The normalized spacial score (nSPS) is 13.1. The molecule has 80 valence electrons. The maximum absolute atomic E-state index is 11.4. The number of nitrogens with zero attached hydrogens (tertiary/aromatic N) is 1. The molecular weight excluding hydrogens is 228 g/mol. The Morgan fingerprint density at radius 1 is 1.13 bits per heavy atom. The Kier molecular flexibility index (Phi) is 1.94. The first-order chi connectivity index (χ1) is 7.00. The van der Waals surface area contributed by atoms with Gasteiger partial charge in [-0.1, -0.05) is 0 Å². The van der Waals surface area contributed by atoms with Crippen molar-refractivity contribution in [2.24, 2.45) is 0 Å². The smallest absolute Gasteiger partial charge is 0.300 e.